The number of rotatable bonds is 8. The van der Waals surface area contributed by atoms with Crippen molar-refractivity contribution in [3.8, 4) is 0 Å². The van der Waals surface area contributed by atoms with Gasteiger partial charge in [-0.15, -0.1) is 0 Å². The monoisotopic (exact) mass is 299 g/mol. The van der Waals surface area contributed by atoms with Crippen LogP contribution in [0, 0.1) is 11.6 Å². The molecule has 2 N–H and O–H groups in total. The predicted octanol–water partition coefficient (Wildman–Crippen LogP) is 2.04. The summed E-state index contributed by atoms with van der Waals surface area (Å²) in [5.41, 5.74) is 0.410. The van der Waals surface area contributed by atoms with Crippen LogP contribution in [0.15, 0.2) is 12.1 Å². The number of likely N-dealkylation sites (N-methyl/N-ethyl adjacent to an activating group) is 1. The van der Waals surface area contributed by atoms with Gasteiger partial charge in [0.05, 0.1) is 6.54 Å². The summed E-state index contributed by atoms with van der Waals surface area (Å²) in [5, 5.41) is 5.49. The Morgan fingerprint density at radius 3 is 2.33 bits per heavy atom. The van der Waals surface area contributed by atoms with Crippen molar-refractivity contribution in [3.63, 3.8) is 0 Å². The summed E-state index contributed by atoms with van der Waals surface area (Å²) in [7, 11) is 1.50. The third-order valence-electron chi connectivity index (χ3n) is 3.08. The van der Waals surface area contributed by atoms with Gasteiger partial charge in [-0.25, -0.2) is 8.78 Å². The van der Waals surface area contributed by atoms with Crippen molar-refractivity contribution in [2.75, 3.05) is 31.6 Å². The van der Waals surface area contributed by atoms with Gasteiger partial charge >= 0.3 is 0 Å². The van der Waals surface area contributed by atoms with Gasteiger partial charge < -0.3 is 15.5 Å². The zero-order valence-electron chi connectivity index (χ0n) is 12.8. The third kappa shape index (κ3) is 4.97. The molecule has 0 heterocycles. The summed E-state index contributed by atoms with van der Waals surface area (Å²) in [6, 6.07) is 2.63. The first-order valence-electron chi connectivity index (χ1n) is 7.17. The lowest BCUT2D eigenvalue weighted by atomic mass is 10.1. The number of hydrogen-bond donors (Lipinski definition) is 2. The minimum atomic E-state index is -0.639. The van der Waals surface area contributed by atoms with Crippen LogP contribution in [-0.2, 0) is 11.3 Å². The summed E-state index contributed by atoms with van der Waals surface area (Å²) in [6.45, 7) is 5.30. The number of anilines is 1. The van der Waals surface area contributed by atoms with Gasteiger partial charge in [-0.05, 0) is 30.7 Å². The van der Waals surface area contributed by atoms with Crippen molar-refractivity contribution in [3.05, 3.63) is 29.3 Å². The first kappa shape index (κ1) is 17.4. The lowest BCUT2D eigenvalue weighted by molar-refractivity contribution is -0.119. The Morgan fingerprint density at radius 1 is 1.24 bits per heavy atom. The Hall–Kier alpha value is -1.69. The molecule has 0 aliphatic rings. The first-order chi connectivity index (χ1) is 10.0. The molecule has 21 heavy (non-hydrogen) atoms. The van der Waals surface area contributed by atoms with E-state index < -0.39 is 11.6 Å². The maximum absolute atomic E-state index is 14.2. The van der Waals surface area contributed by atoms with Crippen LogP contribution < -0.4 is 15.5 Å². The van der Waals surface area contributed by atoms with Crippen molar-refractivity contribution >= 4 is 11.6 Å². The Labute approximate surface area is 124 Å². The average molecular weight is 299 g/mol. The van der Waals surface area contributed by atoms with E-state index >= 15 is 0 Å². The Bertz CT molecular complexity index is 457. The minimum absolute atomic E-state index is 0.0647. The molecular weight excluding hydrogens is 276 g/mol. The van der Waals surface area contributed by atoms with Gasteiger partial charge in [0.15, 0.2) is 0 Å². The lowest BCUT2D eigenvalue weighted by Crippen LogP contribution is -2.37. The highest BCUT2D eigenvalue weighted by Gasteiger charge is 2.19. The molecule has 1 amide bonds. The van der Waals surface area contributed by atoms with Crippen molar-refractivity contribution in [1.29, 1.82) is 0 Å². The third-order valence-corrected chi connectivity index (χ3v) is 3.08. The maximum atomic E-state index is 14.2. The SMILES string of the molecule is CCCN(CC(=O)NC)c1c(F)cc(CNCC)cc1F. The predicted molar refractivity (Wildman–Crippen MR) is 80.3 cm³/mol. The number of hydrogen-bond acceptors (Lipinski definition) is 3. The normalized spacial score (nSPS) is 10.5. The lowest BCUT2D eigenvalue weighted by Gasteiger charge is -2.24. The largest absolute Gasteiger partial charge is 0.358 e. The number of carbonyl (C=O) groups is 1. The van der Waals surface area contributed by atoms with Crippen LogP contribution in [-0.4, -0.2) is 32.6 Å². The molecule has 118 valence electrons. The van der Waals surface area contributed by atoms with Crippen LogP contribution in [0.1, 0.15) is 25.8 Å². The summed E-state index contributed by atoms with van der Waals surface area (Å²) >= 11 is 0. The number of halogens is 2. The zero-order chi connectivity index (χ0) is 15.8. The molecule has 0 atom stereocenters. The van der Waals surface area contributed by atoms with E-state index in [4.69, 9.17) is 0 Å². The first-order valence-corrected chi connectivity index (χ1v) is 7.17. The van der Waals surface area contributed by atoms with Gasteiger partial charge in [-0.1, -0.05) is 13.8 Å². The second kappa shape index (κ2) is 8.56. The highest BCUT2D eigenvalue weighted by molar-refractivity contribution is 5.81. The Morgan fingerprint density at radius 2 is 1.86 bits per heavy atom. The number of nitrogens with zero attached hydrogens (tertiary/aromatic N) is 1. The Kier molecular flexibility index (Phi) is 7.08. The fourth-order valence-corrected chi connectivity index (χ4v) is 2.08. The molecule has 1 aromatic rings. The summed E-state index contributed by atoms with van der Waals surface area (Å²) < 4.78 is 28.4. The van der Waals surface area contributed by atoms with Gasteiger partial charge in [0.2, 0.25) is 5.91 Å². The molecule has 0 spiro atoms. The smallest absolute Gasteiger partial charge is 0.239 e. The molecule has 1 rings (SSSR count). The molecule has 0 unspecified atom stereocenters. The van der Waals surface area contributed by atoms with Crippen molar-refractivity contribution in [2.24, 2.45) is 0 Å². The van der Waals surface area contributed by atoms with Crippen LogP contribution in [0.4, 0.5) is 14.5 Å². The molecule has 0 saturated carbocycles. The fraction of sp³-hybridized carbons (Fsp3) is 0.533. The molecule has 4 nitrogen and oxygen atoms in total. The van der Waals surface area contributed by atoms with Crippen LogP contribution >= 0.6 is 0 Å². The minimum Gasteiger partial charge on any atom is -0.358 e. The Balaban J connectivity index is 3.04. The van der Waals surface area contributed by atoms with Crippen molar-refractivity contribution in [2.45, 2.75) is 26.8 Å². The van der Waals surface area contributed by atoms with Gasteiger partial charge in [0, 0.05) is 20.1 Å². The molecule has 6 heteroatoms. The molecule has 0 radical (unpaired) electrons. The standard InChI is InChI=1S/C15H23F2N3O/c1-4-6-20(10-14(21)18-3)15-12(16)7-11(8-13(15)17)9-19-5-2/h7-8,19H,4-6,9-10H2,1-3H3,(H,18,21). The van der Waals surface area contributed by atoms with E-state index in [1.807, 2.05) is 13.8 Å². The van der Waals surface area contributed by atoms with E-state index in [2.05, 4.69) is 10.6 Å². The van der Waals surface area contributed by atoms with E-state index in [1.165, 1.54) is 24.1 Å². The molecule has 0 bridgehead atoms. The van der Waals surface area contributed by atoms with E-state index in [9.17, 15) is 13.6 Å². The van der Waals surface area contributed by atoms with Crippen molar-refractivity contribution in [1.82, 2.24) is 10.6 Å². The second-order valence-corrected chi connectivity index (χ2v) is 4.78. The molecule has 0 aromatic heterocycles. The molecule has 1 aromatic carbocycles. The summed E-state index contributed by atoms with van der Waals surface area (Å²) in [4.78, 5) is 12.9. The van der Waals surface area contributed by atoms with Gasteiger partial charge in [0.25, 0.3) is 0 Å². The molecule has 0 aliphatic heterocycles. The van der Waals surface area contributed by atoms with E-state index in [0.717, 1.165) is 6.54 Å². The topological polar surface area (TPSA) is 44.4 Å². The highest BCUT2D eigenvalue weighted by Crippen LogP contribution is 2.25. The highest BCUT2D eigenvalue weighted by atomic mass is 19.1. The zero-order valence-corrected chi connectivity index (χ0v) is 12.8. The molecular formula is C15H23F2N3O. The van der Waals surface area contributed by atoms with Gasteiger partial charge in [0.1, 0.15) is 17.3 Å². The van der Waals surface area contributed by atoms with E-state index in [1.54, 1.807) is 0 Å². The quantitative estimate of drug-likeness (QED) is 0.772. The van der Waals surface area contributed by atoms with Crippen LogP contribution in [0.2, 0.25) is 0 Å². The van der Waals surface area contributed by atoms with Crippen molar-refractivity contribution < 1.29 is 13.6 Å². The maximum Gasteiger partial charge on any atom is 0.239 e. The molecule has 0 aliphatic carbocycles. The van der Waals surface area contributed by atoms with Crippen LogP contribution in [0.25, 0.3) is 0 Å². The summed E-state index contributed by atoms with van der Waals surface area (Å²) in [6.07, 6.45) is 0.689. The summed E-state index contributed by atoms with van der Waals surface area (Å²) in [5.74, 6) is -1.56. The fourth-order valence-electron chi connectivity index (χ4n) is 2.08. The average Bonchev–Trinajstić information content (AvgIpc) is 2.44. The van der Waals surface area contributed by atoms with Crippen LogP contribution in [0.3, 0.4) is 0 Å². The number of amides is 1. The van der Waals surface area contributed by atoms with Crippen LogP contribution in [0.5, 0.6) is 0 Å². The second-order valence-electron chi connectivity index (χ2n) is 4.78. The number of carbonyl (C=O) groups excluding carboxylic acids is 1. The number of benzene rings is 1. The van der Waals surface area contributed by atoms with Gasteiger partial charge in [-0.3, -0.25) is 4.79 Å². The van der Waals surface area contributed by atoms with E-state index in [0.29, 0.717) is 25.1 Å². The van der Waals surface area contributed by atoms with Gasteiger partial charge in [-0.2, -0.15) is 0 Å². The number of nitrogens with one attached hydrogen (secondary N) is 2. The van der Waals surface area contributed by atoms with E-state index in [-0.39, 0.29) is 18.1 Å². The molecule has 0 fully saturated rings. The molecule has 0 saturated heterocycles.